The van der Waals surface area contributed by atoms with Crippen molar-refractivity contribution in [3.63, 3.8) is 0 Å². The molecule has 1 rings (SSSR count). The molecule has 0 saturated heterocycles. The maximum Gasteiger partial charge on any atom is 0.323 e. The second kappa shape index (κ2) is 5.28. The molecule has 0 aromatic heterocycles. The van der Waals surface area contributed by atoms with Crippen LogP contribution in [0, 0.1) is 3.57 Å². The summed E-state index contributed by atoms with van der Waals surface area (Å²) in [7, 11) is 0. The standard InChI is InChI=1S/C9H10INO3/c10-7-3-1-6(2-4-7)5-8(11-14)9(12)13/h1-4,8,11,14H,5H2,(H,12,13)/t8-/m0/s1. The van der Waals surface area contributed by atoms with Gasteiger partial charge >= 0.3 is 5.97 Å². The molecule has 4 nitrogen and oxygen atoms in total. The lowest BCUT2D eigenvalue weighted by Gasteiger charge is -2.09. The number of benzene rings is 1. The molecule has 0 aliphatic rings. The topological polar surface area (TPSA) is 69.6 Å². The normalized spacial score (nSPS) is 12.4. The van der Waals surface area contributed by atoms with E-state index in [0.29, 0.717) is 0 Å². The van der Waals surface area contributed by atoms with E-state index in [0.717, 1.165) is 9.13 Å². The van der Waals surface area contributed by atoms with Gasteiger partial charge in [0.2, 0.25) is 0 Å². The van der Waals surface area contributed by atoms with Crippen LogP contribution in [0.2, 0.25) is 0 Å². The Labute approximate surface area is 95.0 Å². The minimum atomic E-state index is -1.06. The lowest BCUT2D eigenvalue weighted by Crippen LogP contribution is -2.36. The van der Waals surface area contributed by atoms with Gasteiger partial charge in [-0.2, -0.15) is 5.48 Å². The number of hydrogen-bond acceptors (Lipinski definition) is 3. The molecule has 0 saturated carbocycles. The number of hydrogen-bond donors (Lipinski definition) is 3. The monoisotopic (exact) mass is 307 g/mol. The van der Waals surface area contributed by atoms with Crippen molar-refractivity contribution in [2.75, 3.05) is 0 Å². The summed E-state index contributed by atoms with van der Waals surface area (Å²) in [6.45, 7) is 0. The Morgan fingerprint density at radius 3 is 2.43 bits per heavy atom. The van der Waals surface area contributed by atoms with Crippen LogP contribution in [-0.4, -0.2) is 22.3 Å². The Morgan fingerprint density at radius 1 is 1.43 bits per heavy atom. The fraction of sp³-hybridized carbons (Fsp3) is 0.222. The highest BCUT2D eigenvalue weighted by atomic mass is 127. The van der Waals surface area contributed by atoms with Gasteiger partial charge in [-0.3, -0.25) is 4.79 Å². The first-order valence-corrected chi connectivity index (χ1v) is 5.08. The number of carbonyl (C=O) groups is 1. The number of carboxylic acids is 1. The van der Waals surface area contributed by atoms with E-state index in [-0.39, 0.29) is 6.42 Å². The van der Waals surface area contributed by atoms with Gasteiger partial charge in [0.05, 0.1) is 0 Å². The second-order valence-electron chi connectivity index (χ2n) is 2.85. The summed E-state index contributed by atoms with van der Waals surface area (Å²) in [5.74, 6) is -1.06. The third kappa shape index (κ3) is 3.24. The summed E-state index contributed by atoms with van der Waals surface area (Å²) in [4.78, 5) is 10.6. The van der Waals surface area contributed by atoms with Crippen molar-refractivity contribution < 1.29 is 15.1 Å². The van der Waals surface area contributed by atoms with E-state index in [1.54, 1.807) is 5.48 Å². The Hall–Kier alpha value is -0.660. The van der Waals surface area contributed by atoms with Crippen molar-refractivity contribution in [3.05, 3.63) is 33.4 Å². The van der Waals surface area contributed by atoms with Crippen LogP contribution in [0.15, 0.2) is 24.3 Å². The number of rotatable bonds is 4. The minimum Gasteiger partial charge on any atom is -0.480 e. The van der Waals surface area contributed by atoms with Crippen LogP contribution in [0.3, 0.4) is 0 Å². The van der Waals surface area contributed by atoms with Crippen molar-refractivity contribution in [3.8, 4) is 0 Å². The highest BCUT2D eigenvalue weighted by Gasteiger charge is 2.16. The molecule has 1 aromatic carbocycles. The first-order chi connectivity index (χ1) is 6.63. The Morgan fingerprint density at radius 2 is 2.00 bits per heavy atom. The molecule has 0 heterocycles. The maximum atomic E-state index is 10.6. The van der Waals surface area contributed by atoms with Crippen LogP contribution < -0.4 is 5.48 Å². The molecular formula is C9H10INO3. The van der Waals surface area contributed by atoms with E-state index in [1.807, 2.05) is 24.3 Å². The molecule has 0 spiro atoms. The van der Waals surface area contributed by atoms with Crippen LogP contribution in [0.25, 0.3) is 0 Å². The van der Waals surface area contributed by atoms with Crippen molar-refractivity contribution in [1.82, 2.24) is 5.48 Å². The van der Waals surface area contributed by atoms with Gasteiger partial charge < -0.3 is 10.3 Å². The molecule has 0 fully saturated rings. The van der Waals surface area contributed by atoms with Gasteiger partial charge in [0, 0.05) is 9.99 Å². The van der Waals surface area contributed by atoms with E-state index >= 15 is 0 Å². The molecule has 0 aliphatic heterocycles. The van der Waals surface area contributed by atoms with Crippen LogP contribution in [-0.2, 0) is 11.2 Å². The van der Waals surface area contributed by atoms with Gasteiger partial charge in [0.1, 0.15) is 6.04 Å². The van der Waals surface area contributed by atoms with E-state index in [1.165, 1.54) is 0 Å². The maximum absolute atomic E-state index is 10.6. The number of nitrogens with one attached hydrogen (secondary N) is 1. The Kier molecular flexibility index (Phi) is 4.30. The van der Waals surface area contributed by atoms with Crippen LogP contribution in [0.5, 0.6) is 0 Å². The third-order valence-electron chi connectivity index (χ3n) is 1.81. The fourth-order valence-corrected chi connectivity index (χ4v) is 1.40. The van der Waals surface area contributed by atoms with Crippen LogP contribution >= 0.6 is 22.6 Å². The highest BCUT2D eigenvalue weighted by Crippen LogP contribution is 2.08. The smallest absolute Gasteiger partial charge is 0.323 e. The summed E-state index contributed by atoms with van der Waals surface area (Å²) >= 11 is 2.17. The van der Waals surface area contributed by atoms with Crippen LogP contribution in [0.4, 0.5) is 0 Å². The minimum absolute atomic E-state index is 0.267. The van der Waals surface area contributed by atoms with Gasteiger partial charge in [-0.1, -0.05) is 12.1 Å². The fourth-order valence-electron chi connectivity index (χ4n) is 1.04. The molecule has 0 unspecified atom stereocenters. The zero-order chi connectivity index (χ0) is 10.6. The molecule has 3 N–H and O–H groups in total. The summed E-state index contributed by atoms with van der Waals surface area (Å²) < 4.78 is 1.09. The van der Waals surface area contributed by atoms with Crippen molar-refractivity contribution in [2.45, 2.75) is 12.5 Å². The van der Waals surface area contributed by atoms with Gasteiger partial charge in [0.25, 0.3) is 0 Å². The SMILES string of the molecule is O=C(O)[C@H](Cc1ccc(I)cc1)NO. The second-order valence-corrected chi connectivity index (χ2v) is 4.10. The number of hydroxylamine groups is 1. The van der Waals surface area contributed by atoms with E-state index in [9.17, 15) is 4.79 Å². The highest BCUT2D eigenvalue weighted by molar-refractivity contribution is 14.1. The van der Waals surface area contributed by atoms with E-state index in [4.69, 9.17) is 10.3 Å². The average Bonchev–Trinajstić information content (AvgIpc) is 2.16. The molecule has 76 valence electrons. The van der Waals surface area contributed by atoms with Crippen molar-refractivity contribution >= 4 is 28.6 Å². The molecule has 1 atom stereocenters. The predicted octanol–water partition coefficient (Wildman–Crippen LogP) is 1.27. The zero-order valence-corrected chi connectivity index (χ0v) is 9.43. The lowest BCUT2D eigenvalue weighted by atomic mass is 10.1. The zero-order valence-electron chi connectivity index (χ0n) is 7.27. The first kappa shape index (κ1) is 11.4. The summed E-state index contributed by atoms with van der Waals surface area (Å²) in [6, 6.07) is 6.53. The first-order valence-electron chi connectivity index (χ1n) is 4.00. The third-order valence-corrected chi connectivity index (χ3v) is 2.53. The van der Waals surface area contributed by atoms with Gasteiger partial charge in [-0.05, 0) is 40.3 Å². The summed E-state index contributed by atoms with van der Waals surface area (Å²) in [5.41, 5.74) is 2.64. The molecule has 0 bridgehead atoms. The van der Waals surface area contributed by atoms with Crippen LogP contribution in [0.1, 0.15) is 5.56 Å². The predicted molar refractivity (Wildman–Crippen MR) is 59.2 cm³/mol. The average molecular weight is 307 g/mol. The number of halogens is 1. The largest absolute Gasteiger partial charge is 0.480 e. The van der Waals surface area contributed by atoms with Gasteiger partial charge in [-0.25, -0.2) is 0 Å². The number of carboxylic acid groups (broad SMARTS) is 1. The Balaban J connectivity index is 2.67. The number of aliphatic carboxylic acids is 1. The van der Waals surface area contributed by atoms with Gasteiger partial charge in [0.15, 0.2) is 0 Å². The van der Waals surface area contributed by atoms with Crippen molar-refractivity contribution in [1.29, 1.82) is 0 Å². The van der Waals surface area contributed by atoms with Crippen molar-refractivity contribution in [2.24, 2.45) is 0 Å². The summed E-state index contributed by atoms with van der Waals surface area (Å²) in [5, 5.41) is 17.2. The molecule has 0 radical (unpaired) electrons. The molecule has 0 amide bonds. The van der Waals surface area contributed by atoms with E-state index < -0.39 is 12.0 Å². The molecule has 1 aromatic rings. The van der Waals surface area contributed by atoms with E-state index in [2.05, 4.69) is 22.6 Å². The summed E-state index contributed by atoms with van der Waals surface area (Å²) in [6.07, 6.45) is 0.267. The molecular weight excluding hydrogens is 297 g/mol. The quantitative estimate of drug-likeness (QED) is 0.579. The van der Waals surface area contributed by atoms with Gasteiger partial charge in [-0.15, -0.1) is 0 Å². The molecule has 5 heteroatoms. The molecule has 0 aliphatic carbocycles. The molecule has 14 heavy (non-hydrogen) atoms. The Bertz CT molecular complexity index is 312. The lowest BCUT2D eigenvalue weighted by molar-refractivity contribution is -0.142.